The molecule has 0 nitrogen and oxygen atoms in total. The Labute approximate surface area is 191 Å². The van der Waals surface area contributed by atoms with E-state index in [0.717, 1.165) is 11.8 Å². The summed E-state index contributed by atoms with van der Waals surface area (Å²) in [5, 5.41) is 0. The third kappa shape index (κ3) is 15.3. The van der Waals surface area contributed by atoms with Crippen molar-refractivity contribution in [1.82, 2.24) is 0 Å². The Balaban J connectivity index is 0.000000225. The van der Waals surface area contributed by atoms with Crippen molar-refractivity contribution in [3.05, 3.63) is 23.3 Å². The molecule has 3 aliphatic rings. The van der Waals surface area contributed by atoms with Crippen LogP contribution in [0.25, 0.3) is 0 Å². The molecule has 0 aromatic carbocycles. The van der Waals surface area contributed by atoms with Crippen molar-refractivity contribution in [2.75, 3.05) is 0 Å². The Hall–Kier alpha value is -0.520. The van der Waals surface area contributed by atoms with Gasteiger partial charge in [-0.15, -0.1) is 0 Å². The van der Waals surface area contributed by atoms with Gasteiger partial charge in [0.15, 0.2) is 0 Å². The van der Waals surface area contributed by atoms with Gasteiger partial charge in [-0.25, -0.2) is 0 Å². The van der Waals surface area contributed by atoms with Gasteiger partial charge in [0, 0.05) is 0 Å². The lowest BCUT2D eigenvalue weighted by molar-refractivity contribution is 0.297. The molecule has 0 atom stereocenters. The first kappa shape index (κ1) is 27.5. The second-order valence-electron chi connectivity index (χ2n) is 13.1. The SMILES string of the molecule is CC(C)(C)CC1=CCCC1.CC(C)(C)CC1CCCC1.CC(C)CC1=CCCCC1. The lowest BCUT2D eigenvalue weighted by Gasteiger charge is -2.22. The van der Waals surface area contributed by atoms with Crippen LogP contribution in [0.2, 0.25) is 0 Å². The zero-order chi connectivity index (χ0) is 22.6. The highest BCUT2D eigenvalue weighted by Gasteiger charge is 2.21. The highest BCUT2D eigenvalue weighted by atomic mass is 14.3. The topological polar surface area (TPSA) is 0 Å². The number of rotatable bonds is 4. The van der Waals surface area contributed by atoms with Gasteiger partial charge >= 0.3 is 0 Å². The Morgan fingerprint density at radius 3 is 1.73 bits per heavy atom. The van der Waals surface area contributed by atoms with Crippen LogP contribution in [0.15, 0.2) is 23.3 Å². The molecule has 0 unspecified atom stereocenters. The Bertz CT molecular complexity index is 497. The fourth-order valence-corrected chi connectivity index (χ4v) is 5.27. The molecule has 176 valence electrons. The molecule has 0 saturated heterocycles. The predicted octanol–water partition coefficient (Wildman–Crippen LogP) is 10.7. The van der Waals surface area contributed by atoms with Gasteiger partial charge in [-0.3, -0.25) is 0 Å². The van der Waals surface area contributed by atoms with E-state index in [2.05, 4.69) is 67.5 Å². The van der Waals surface area contributed by atoms with E-state index in [1.807, 2.05) is 0 Å². The Morgan fingerprint density at radius 2 is 1.30 bits per heavy atom. The summed E-state index contributed by atoms with van der Waals surface area (Å²) in [6, 6.07) is 0. The molecule has 0 heteroatoms. The van der Waals surface area contributed by atoms with Gasteiger partial charge in [0.05, 0.1) is 0 Å². The van der Waals surface area contributed by atoms with Gasteiger partial charge in [-0.05, 0) is 86.9 Å². The highest BCUT2D eigenvalue weighted by molar-refractivity contribution is 5.09. The smallest absolute Gasteiger partial charge is 0.0271 e. The summed E-state index contributed by atoms with van der Waals surface area (Å²) < 4.78 is 0. The second-order valence-corrected chi connectivity index (χ2v) is 13.1. The van der Waals surface area contributed by atoms with Crippen molar-refractivity contribution >= 4 is 0 Å². The molecule has 0 heterocycles. The molecular formula is C30H56. The van der Waals surface area contributed by atoms with Crippen molar-refractivity contribution < 1.29 is 0 Å². The van der Waals surface area contributed by atoms with E-state index >= 15 is 0 Å². The van der Waals surface area contributed by atoms with Gasteiger partial charge in [0.25, 0.3) is 0 Å². The molecule has 1 fully saturated rings. The van der Waals surface area contributed by atoms with Crippen molar-refractivity contribution in [3.8, 4) is 0 Å². The van der Waals surface area contributed by atoms with Gasteiger partial charge in [0.1, 0.15) is 0 Å². The minimum Gasteiger partial charge on any atom is -0.0853 e. The average Bonchev–Trinajstić information content (AvgIpc) is 3.27. The van der Waals surface area contributed by atoms with Crippen LogP contribution in [0.4, 0.5) is 0 Å². The average molecular weight is 417 g/mol. The first-order chi connectivity index (χ1) is 13.9. The first-order valence-electron chi connectivity index (χ1n) is 13.3. The van der Waals surface area contributed by atoms with E-state index < -0.39 is 0 Å². The summed E-state index contributed by atoms with van der Waals surface area (Å²) in [6.07, 6.45) is 24.5. The summed E-state index contributed by atoms with van der Waals surface area (Å²) in [5.74, 6) is 1.91. The van der Waals surface area contributed by atoms with Crippen molar-refractivity contribution in [1.29, 1.82) is 0 Å². The summed E-state index contributed by atoms with van der Waals surface area (Å²) in [7, 11) is 0. The van der Waals surface area contributed by atoms with Gasteiger partial charge in [-0.2, -0.15) is 0 Å². The molecule has 0 amide bonds. The minimum atomic E-state index is 0.496. The second kappa shape index (κ2) is 13.8. The largest absolute Gasteiger partial charge is 0.0853 e. The summed E-state index contributed by atoms with van der Waals surface area (Å²) >= 11 is 0. The van der Waals surface area contributed by atoms with E-state index in [1.165, 1.54) is 89.9 Å². The third-order valence-electron chi connectivity index (χ3n) is 6.32. The Kier molecular flexibility index (Phi) is 12.7. The molecule has 0 N–H and O–H groups in total. The summed E-state index contributed by atoms with van der Waals surface area (Å²) in [5.41, 5.74) is 4.46. The predicted molar refractivity (Wildman–Crippen MR) is 138 cm³/mol. The van der Waals surface area contributed by atoms with Crippen LogP contribution in [0.5, 0.6) is 0 Å². The zero-order valence-electron chi connectivity index (χ0n) is 22.2. The monoisotopic (exact) mass is 416 g/mol. The third-order valence-corrected chi connectivity index (χ3v) is 6.32. The molecule has 3 aliphatic carbocycles. The number of allylic oxidation sites excluding steroid dienone is 4. The summed E-state index contributed by atoms with van der Waals surface area (Å²) in [6.45, 7) is 18.6. The van der Waals surface area contributed by atoms with Gasteiger partial charge in [0.2, 0.25) is 0 Å². The summed E-state index contributed by atoms with van der Waals surface area (Å²) in [4.78, 5) is 0. The molecule has 0 aromatic heterocycles. The van der Waals surface area contributed by atoms with E-state index in [4.69, 9.17) is 0 Å². The quantitative estimate of drug-likeness (QED) is 0.400. The van der Waals surface area contributed by atoms with E-state index in [9.17, 15) is 0 Å². The van der Waals surface area contributed by atoms with Crippen LogP contribution >= 0.6 is 0 Å². The van der Waals surface area contributed by atoms with Crippen LogP contribution in [0.3, 0.4) is 0 Å². The van der Waals surface area contributed by atoms with Crippen molar-refractivity contribution in [3.63, 3.8) is 0 Å². The maximum Gasteiger partial charge on any atom is -0.0271 e. The standard InChI is InChI=1S/C10H20.2C10H18/c2*1-10(2,3)8-9-6-4-5-7-9;1-9(2)8-10-6-4-3-5-7-10/h9H,4-8H2,1-3H3;6H,4-5,7-8H2,1-3H3;6,9H,3-5,7-8H2,1-2H3. The number of hydrogen-bond acceptors (Lipinski definition) is 0. The molecule has 1 saturated carbocycles. The van der Waals surface area contributed by atoms with Crippen LogP contribution in [-0.2, 0) is 0 Å². The molecule has 0 aliphatic heterocycles. The molecule has 3 rings (SSSR count). The van der Waals surface area contributed by atoms with Gasteiger partial charge < -0.3 is 0 Å². The molecule has 30 heavy (non-hydrogen) atoms. The van der Waals surface area contributed by atoms with Crippen LogP contribution in [0, 0.1) is 22.7 Å². The van der Waals surface area contributed by atoms with Crippen LogP contribution < -0.4 is 0 Å². The number of hydrogen-bond donors (Lipinski definition) is 0. The first-order valence-corrected chi connectivity index (χ1v) is 13.3. The van der Waals surface area contributed by atoms with E-state index in [1.54, 1.807) is 11.1 Å². The molecular weight excluding hydrogens is 360 g/mol. The fourth-order valence-electron chi connectivity index (χ4n) is 5.27. The van der Waals surface area contributed by atoms with Crippen molar-refractivity contribution in [2.24, 2.45) is 22.7 Å². The molecule has 0 radical (unpaired) electrons. The lowest BCUT2D eigenvalue weighted by atomic mass is 9.84. The lowest BCUT2D eigenvalue weighted by Crippen LogP contribution is -2.10. The maximum absolute atomic E-state index is 2.45. The van der Waals surface area contributed by atoms with E-state index in [-0.39, 0.29) is 0 Å². The highest BCUT2D eigenvalue weighted by Crippen LogP contribution is 2.35. The zero-order valence-corrected chi connectivity index (χ0v) is 22.2. The van der Waals surface area contributed by atoms with Crippen LogP contribution in [0.1, 0.15) is 145 Å². The maximum atomic E-state index is 2.45. The van der Waals surface area contributed by atoms with Crippen LogP contribution in [-0.4, -0.2) is 0 Å². The molecule has 0 spiro atoms. The Morgan fingerprint density at radius 1 is 0.733 bits per heavy atom. The fraction of sp³-hybridized carbons (Fsp3) is 0.867. The van der Waals surface area contributed by atoms with E-state index in [0.29, 0.717) is 10.8 Å². The molecule has 0 bridgehead atoms. The minimum absolute atomic E-state index is 0.496. The van der Waals surface area contributed by atoms with Gasteiger partial charge in [-0.1, -0.05) is 104 Å². The van der Waals surface area contributed by atoms with Crippen molar-refractivity contribution in [2.45, 2.75) is 145 Å². The normalized spacial score (nSPS) is 20.2. The molecule has 0 aromatic rings.